The number of nitrogens with one attached hydrogen (secondary N) is 3. The lowest BCUT2D eigenvalue weighted by atomic mass is 10.0. The second-order valence-corrected chi connectivity index (χ2v) is 4.93. The SMILES string of the molecule is CCCC(CNC(=O)NCCC(=O)NC(C)C)C(=O)O. The first kappa shape index (κ1) is 18.2. The van der Waals surface area contributed by atoms with E-state index < -0.39 is 17.9 Å². The summed E-state index contributed by atoms with van der Waals surface area (Å²) in [6, 6.07) is -0.383. The molecule has 1 unspecified atom stereocenters. The van der Waals surface area contributed by atoms with E-state index in [1.807, 2.05) is 20.8 Å². The Kier molecular flexibility index (Phi) is 9.15. The summed E-state index contributed by atoms with van der Waals surface area (Å²) >= 11 is 0. The molecule has 0 saturated heterocycles. The Morgan fingerprint density at radius 2 is 1.80 bits per heavy atom. The molecule has 0 heterocycles. The van der Waals surface area contributed by atoms with Crippen LogP contribution in [0.3, 0.4) is 0 Å². The van der Waals surface area contributed by atoms with Crippen molar-refractivity contribution in [3.63, 3.8) is 0 Å². The lowest BCUT2D eigenvalue weighted by Gasteiger charge is -2.13. The van der Waals surface area contributed by atoms with Crippen LogP contribution in [0.1, 0.15) is 40.0 Å². The molecule has 3 amide bonds. The second kappa shape index (κ2) is 10.1. The lowest BCUT2D eigenvalue weighted by molar-refractivity contribution is -0.141. The molecule has 0 saturated carbocycles. The third-order valence-corrected chi connectivity index (χ3v) is 2.58. The van der Waals surface area contributed by atoms with E-state index >= 15 is 0 Å². The van der Waals surface area contributed by atoms with E-state index in [9.17, 15) is 14.4 Å². The second-order valence-electron chi connectivity index (χ2n) is 4.93. The van der Waals surface area contributed by atoms with Crippen LogP contribution < -0.4 is 16.0 Å². The molecule has 0 aliphatic carbocycles. The van der Waals surface area contributed by atoms with Crippen molar-refractivity contribution in [3.05, 3.63) is 0 Å². The molecule has 7 nitrogen and oxygen atoms in total. The van der Waals surface area contributed by atoms with Crippen LogP contribution in [0.2, 0.25) is 0 Å². The van der Waals surface area contributed by atoms with Crippen molar-refractivity contribution >= 4 is 17.9 Å². The summed E-state index contributed by atoms with van der Waals surface area (Å²) in [5.74, 6) is -1.62. The molecule has 0 rings (SSSR count). The number of aliphatic carboxylic acids is 1. The molecule has 116 valence electrons. The maximum Gasteiger partial charge on any atom is 0.314 e. The van der Waals surface area contributed by atoms with Gasteiger partial charge in [-0.1, -0.05) is 13.3 Å². The Hall–Kier alpha value is -1.79. The molecule has 4 N–H and O–H groups in total. The number of carboxylic acid groups (broad SMARTS) is 1. The molecule has 0 fully saturated rings. The monoisotopic (exact) mass is 287 g/mol. The first-order chi connectivity index (χ1) is 9.36. The van der Waals surface area contributed by atoms with E-state index in [0.717, 1.165) is 6.42 Å². The minimum atomic E-state index is -0.913. The number of urea groups is 1. The number of hydrogen-bond acceptors (Lipinski definition) is 3. The van der Waals surface area contributed by atoms with Gasteiger partial charge in [0, 0.05) is 25.6 Å². The molecule has 20 heavy (non-hydrogen) atoms. The summed E-state index contributed by atoms with van der Waals surface area (Å²) in [6.45, 7) is 5.92. The van der Waals surface area contributed by atoms with Crippen molar-refractivity contribution in [2.24, 2.45) is 5.92 Å². The van der Waals surface area contributed by atoms with Crippen LogP contribution in [0, 0.1) is 5.92 Å². The van der Waals surface area contributed by atoms with E-state index in [2.05, 4.69) is 16.0 Å². The quantitative estimate of drug-likeness (QED) is 0.500. The highest BCUT2D eigenvalue weighted by molar-refractivity contribution is 5.78. The van der Waals surface area contributed by atoms with Crippen molar-refractivity contribution in [1.82, 2.24) is 16.0 Å². The Balaban J connectivity index is 3.83. The van der Waals surface area contributed by atoms with Gasteiger partial charge < -0.3 is 21.1 Å². The Morgan fingerprint density at radius 3 is 2.30 bits per heavy atom. The number of carbonyl (C=O) groups is 3. The smallest absolute Gasteiger partial charge is 0.314 e. The third-order valence-electron chi connectivity index (χ3n) is 2.58. The van der Waals surface area contributed by atoms with E-state index in [0.29, 0.717) is 6.42 Å². The zero-order valence-electron chi connectivity index (χ0n) is 12.4. The average Bonchev–Trinajstić information content (AvgIpc) is 2.33. The molecular formula is C13H25N3O4. The Labute approximate surface area is 119 Å². The molecule has 0 spiro atoms. The fraction of sp³-hybridized carbons (Fsp3) is 0.769. The number of carbonyl (C=O) groups excluding carboxylic acids is 2. The number of carboxylic acids is 1. The van der Waals surface area contributed by atoms with Gasteiger partial charge >= 0.3 is 12.0 Å². The van der Waals surface area contributed by atoms with E-state index in [-0.39, 0.29) is 31.5 Å². The lowest BCUT2D eigenvalue weighted by Crippen LogP contribution is -2.41. The zero-order chi connectivity index (χ0) is 15.5. The fourth-order valence-corrected chi connectivity index (χ4v) is 1.62. The van der Waals surface area contributed by atoms with Crippen LogP contribution in [0.4, 0.5) is 4.79 Å². The van der Waals surface area contributed by atoms with Crippen molar-refractivity contribution in [3.8, 4) is 0 Å². The van der Waals surface area contributed by atoms with Gasteiger partial charge in [-0.05, 0) is 20.3 Å². The minimum absolute atomic E-state index is 0.0710. The van der Waals surface area contributed by atoms with Crippen LogP contribution in [-0.4, -0.2) is 42.1 Å². The van der Waals surface area contributed by atoms with Crippen LogP contribution in [0.25, 0.3) is 0 Å². The van der Waals surface area contributed by atoms with Gasteiger partial charge in [0.05, 0.1) is 5.92 Å². The largest absolute Gasteiger partial charge is 0.481 e. The molecule has 0 aromatic rings. The summed E-state index contributed by atoms with van der Waals surface area (Å²) in [5.41, 5.74) is 0. The zero-order valence-corrected chi connectivity index (χ0v) is 12.4. The number of amides is 3. The number of hydrogen-bond donors (Lipinski definition) is 4. The topological polar surface area (TPSA) is 108 Å². The highest BCUT2D eigenvalue weighted by atomic mass is 16.4. The highest BCUT2D eigenvalue weighted by Crippen LogP contribution is 2.04. The molecule has 0 aliphatic heterocycles. The van der Waals surface area contributed by atoms with E-state index in [1.54, 1.807) is 0 Å². The summed E-state index contributed by atoms with van der Waals surface area (Å²) in [5, 5.41) is 16.7. The van der Waals surface area contributed by atoms with Gasteiger partial charge in [0.1, 0.15) is 0 Å². The van der Waals surface area contributed by atoms with Crippen LogP contribution in [0.15, 0.2) is 0 Å². The minimum Gasteiger partial charge on any atom is -0.481 e. The van der Waals surface area contributed by atoms with Gasteiger partial charge in [-0.25, -0.2) is 4.79 Å². The average molecular weight is 287 g/mol. The Morgan fingerprint density at radius 1 is 1.15 bits per heavy atom. The first-order valence-corrected chi connectivity index (χ1v) is 6.90. The molecule has 0 aromatic heterocycles. The summed E-state index contributed by atoms with van der Waals surface area (Å²) in [4.78, 5) is 33.6. The molecule has 0 radical (unpaired) electrons. The summed E-state index contributed by atoms with van der Waals surface area (Å²) in [7, 11) is 0. The highest BCUT2D eigenvalue weighted by Gasteiger charge is 2.17. The van der Waals surface area contributed by atoms with Gasteiger partial charge in [-0.15, -0.1) is 0 Å². The first-order valence-electron chi connectivity index (χ1n) is 6.90. The van der Waals surface area contributed by atoms with Crippen molar-refractivity contribution in [1.29, 1.82) is 0 Å². The molecular weight excluding hydrogens is 262 g/mol. The molecule has 7 heteroatoms. The van der Waals surface area contributed by atoms with Crippen LogP contribution in [-0.2, 0) is 9.59 Å². The van der Waals surface area contributed by atoms with Gasteiger partial charge in [0.25, 0.3) is 0 Å². The fourth-order valence-electron chi connectivity index (χ4n) is 1.62. The summed E-state index contributed by atoms with van der Waals surface area (Å²) in [6.07, 6.45) is 1.46. The van der Waals surface area contributed by atoms with Gasteiger partial charge in [-0.3, -0.25) is 9.59 Å². The maximum atomic E-state index is 11.4. The van der Waals surface area contributed by atoms with Gasteiger partial charge in [-0.2, -0.15) is 0 Å². The van der Waals surface area contributed by atoms with Crippen molar-refractivity contribution in [2.75, 3.05) is 13.1 Å². The maximum absolute atomic E-state index is 11.4. The van der Waals surface area contributed by atoms with Crippen molar-refractivity contribution in [2.45, 2.75) is 46.1 Å². The van der Waals surface area contributed by atoms with E-state index in [1.165, 1.54) is 0 Å². The molecule has 0 aromatic carbocycles. The third kappa shape index (κ3) is 9.18. The molecule has 0 aliphatic rings. The van der Waals surface area contributed by atoms with Crippen LogP contribution >= 0.6 is 0 Å². The van der Waals surface area contributed by atoms with E-state index in [4.69, 9.17) is 5.11 Å². The molecule has 1 atom stereocenters. The molecule has 0 bridgehead atoms. The standard InChI is InChI=1S/C13H25N3O4/c1-4-5-10(12(18)19)8-15-13(20)14-7-6-11(17)16-9(2)3/h9-10H,4-8H2,1-3H3,(H,16,17)(H,18,19)(H2,14,15,20). The predicted octanol–water partition coefficient (Wildman–Crippen LogP) is 0.701. The van der Waals surface area contributed by atoms with Gasteiger partial charge in [0.15, 0.2) is 0 Å². The summed E-state index contributed by atoms with van der Waals surface area (Å²) < 4.78 is 0. The Bertz CT molecular complexity index is 332. The van der Waals surface area contributed by atoms with Gasteiger partial charge in [0.2, 0.25) is 5.91 Å². The van der Waals surface area contributed by atoms with Crippen molar-refractivity contribution < 1.29 is 19.5 Å². The number of rotatable bonds is 9. The normalized spacial score (nSPS) is 11.8. The predicted molar refractivity (Wildman–Crippen MR) is 75.3 cm³/mol. The van der Waals surface area contributed by atoms with Crippen LogP contribution in [0.5, 0.6) is 0 Å².